The fraction of sp³-hybridized carbons (Fsp3) is 0.594. The molecule has 21 heteroatoms. The minimum absolute atomic E-state index is 0.0232. The van der Waals surface area contributed by atoms with Crippen LogP contribution in [0.4, 0.5) is 5.69 Å². The molecule has 4 rings (SSSR count). The summed E-state index contributed by atoms with van der Waals surface area (Å²) in [5.41, 5.74) is 0.195. The summed E-state index contributed by atoms with van der Waals surface area (Å²) in [7, 11) is -9.73. The summed E-state index contributed by atoms with van der Waals surface area (Å²) >= 11 is 1.29. The van der Waals surface area contributed by atoms with Crippen LogP contribution in [-0.4, -0.2) is 94.5 Å². The molecule has 3 N–H and O–H groups in total. The first kappa shape index (κ1) is 42.9. The van der Waals surface area contributed by atoms with E-state index in [0.29, 0.717) is 10.8 Å². The number of β-lactam (4-membered cyclic amide) rings is 1. The van der Waals surface area contributed by atoms with Crippen LogP contribution >= 0.6 is 27.0 Å². The van der Waals surface area contributed by atoms with Gasteiger partial charge in [-0.05, 0) is 72.2 Å². The van der Waals surface area contributed by atoms with Gasteiger partial charge in [0, 0.05) is 11.3 Å². The molecule has 2 aliphatic rings. The van der Waals surface area contributed by atoms with Crippen molar-refractivity contribution >= 4 is 61.2 Å². The van der Waals surface area contributed by atoms with E-state index in [-0.39, 0.29) is 50.0 Å². The van der Waals surface area contributed by atoms with Crippen molar-refractivity contribution in [3.8, 4) is 5.75 Å². The molecule has 2 aliphatic heterocycles. The molecule has 2 saturated heterocycles. The number of anilines is 1. The van der Waals surface area contributed by atoms with Crippen molar-refractivity contribution in [2.75, 3.05) is 44.9 Å². The Morgan fingerprint density at radius 3 is 1.92 bits per heavy atom. The second-order valence-corrected chi connectivity index (χ2v) is 19.0. The van der Waals surface area contributed by atoms with Crippen LogP contribution in [0.2, 0.25) is 0 Å². The second kappa shape index (κ2) is 17.8. The molecule has 0 radical (unpaired) electrons. The summed E-state index contributed by atoms with van der Waals surface area (Å²) < 4.78 is 55.4. The molecule has 18 nitrogen and oxygen atoms in total. The molecule has 2 heterocycles. The van der Waals surface area contributed by atoms with Crippen molar-refractivity contribution in [1.82, 2.24) is 10.2 Å². The van der Waals surface area contributed by atoms with Crippen molar-refractivity contribution in [2.24, 2.45) is 0 Å². The average Bonchev–Trinajstić information content (AvgIpc) is 3.39. The van der Waals surface area contributed by atoms with E-state index in [2.05, 4.69) is 10.6 Å². The van der Waals surface area contributed by atoms with E-state index in [1.165, 1.54) is 23.6 Å². The number of rotatable bonds is 22. The monoisotopic (exact) mass is 807 g/mol. The lowest BCUT2D eigenvalue weighted by atomic mass is 9.95. The highest BCUT2D eigenvalue weighted by atomic mass is 32.2. The number of nitrogens with zero attached hydrogens (tertiary/aromatic N) is 1. The number of carbonyl (C=O) groups excluding carboxylic acids is 2. The van der Waals surface area contributed by atoms with E-state index >= 15 is 0 Å². The number of nitrogens with one attached hydrogen (secondary N) is 2. The zero-order valence-electron chi connectivity index (χ0n) is 30.8. The van der Waals surface area contributed by atoms with E-state index in [1.54, 1.807) is 78.8 Å². The minimum Gasteiger partial charge on any atom is -0.491 e. The predicted octanol–water partition coefficient (Wildman–Crippen LogP) is 5.87. The average molecular weight is 808 g/mol. The highest BCUT2D eigenvalue weighted by Crippen LogP contribution is 2.78. The Kier molecular flexibility index (Phi) is 14.4. The standard InChI is InChI=1S/C32H47N3O15P2S/c1-9-42-25-22(33-19-32(8,51(40,47-43-10-2)48-44-11-3)52(41,49-45-12-4)50-46-13-5)18-20-16-14-15-17-21(20)23(25)27(36)34-24-28(37)35-26(30(38)39)31(6,7)53-29(24)35/h14-18,24,26,29,33H,9-13,19H2,1-8H3,(H,34,36)(H,38,39). The van der Waals surface area contributed by atoms with Crippen LogP contribution in [0.15, 0.2) is 30.3 Å². The minimum atomic E-state index is -4.86. The van der Waals surface area contributed by atoms with Gasteiger partial charge in [-0.15, -0.1) is 30.5 Å². The van der Waals surface area contributed by atoms with Gasteiger partial charge < -0.3 is 25.4 Å². The fourth-order valence-corrected chi connectivity index (χ4v) is 11.2. The van der Waals surface area contributed by atoms with E-state index in [4.69, 9.17) is 43.0 Å². The lowest BCUT2D eigenvalue weighted by molar-refractivity contribution is -0.274. The number of carboxylic acids is 1. The zero-order valence-corrected chi connectivity index (χ0v) is 33.4. The van der Waals surface area contributed by atoms with Crippen molar-refractivity contribution in [2.45, 2.75) is 82.5 Å². The quantitative estimate of drug-likeness (QED) is 0.0549. The maximum atomic E-state index is 14.6. The van der Waals surface area contributed by atoms with Gasteiger partial charge in [-0.25, -0.2) is 24.3 Å². The maximum absolute atomic E-state index is 14.6. The van der Waals surface area contributed by atoms with Gasteiger partial charge in [0.15, 0.2) is 10.6 Å². The third kappa shape index (κ3) is 8.40. The Bertz CT molecular complexity index is 1690. The molecule has 0 aliphatic carbocycles. The summed E-state index contributed by atoms with van der Waals surface area (Å²) in [6.07, 6.45) is 0. The molecule has 296 valence electrons. The van der Waals surface area contributed by atoms with Crippen LogP contribution in [0.5, 0.6) is 5.75 Å². The van der Waals surface area contributed by atoms with Gasteiger partial charge in [-0.1, -0.05) is 24.3 Å². The van der Waals surface area contributed by atoms with Crippen LogP contribution in [-0.2, 0) is 57.0 Å². The number of aliphatic carboxylic acids is 1. The molecule has 2 aromatic rings. The molecular formula is C32H47N3O15P2S. The Morgan fingerprint density at radius 2 is 1.43 bits per heavy atom. The fourth-order valence-electron chi connectivity index (χ4n) is 5.78. The zero-order chi connectivity index (χ0) is 39.2. The molecule has 3 atom stereocenters. The van der Waals surface area contributed by atoms with Crippen LogP contribution in [0, 0.1) is 0 Å². The highest BCUT2D eigenvalue weighted by Gasteiger charge is 2.66. The van der Waals surface area contributed by atoms with Crippen LogP contribution in [0.1, 0.15) is 65.7 Å². The number of carboxylic acid groups (broad SMARTS) is 1. The maximum Gasteiger partial charge on any atom is 0.404 e. The number of ether oxygens (including phenoxy) is 1. The summed E-state index contributed by atoms with van der Waals surface area (Å²) in [4.78, 5) is 58.7. The van der Waals surface area contributed by atoms with Crippen molar-refractivity contribution in [3.05, 3.63) is 35.9 Å². The predicted molar refractivity (Wildman–Crippen MR) is 193 cm³/mol. The van der Waals surface area contributed by atoms with Gasteiger partial charge in [0.05, 0.1) is 44.3 Å². The summed E-state index contributed by atoms with van der Waals surface area (Å²) in [6, 6.07) is 6.47. The van der Waals surface area contributed by atoms with Gasteiger partial charge in [0.1, 0.15) is 17.5 Å². The smallest absolute Gasteiger partial charge is 0.404 e. The first-order chi connectivity index (χ1) is 25.1. The highest BCUT2D eigenvalue weighted by molar-refractivity contribution is 8.01. The first-order valence-electron chi connectivity index (χ1n) is 17.0. The van der Waals surface area contributed by atoms with Crippen LogP contribution < -0.4 is 15.4 Å². The molecule has 0 saturated carbocycles. The van der Waals surface area contributed by atoms with E-state index in [9.17, 15) is 28.6 Å². The second-order valence-electron chi connectivity index (χ2n) is 12.3. The SMILES string of the molecule is CCOOP(=O)(OOCC)C(C)(CNc1cc2ccccc2c(C(=O)NC2C(=O)N3C2SC(C)(C)C3C(=O)O)c1OCC)P(=O)(OOCC)OOCC. The van der Waals surface area contributed by atoms with Crippen molar-refractivity contribution in [1.29, 1.82) is 0 Å². The molecular weight excluding hydrogens is 760 g/mol. The van der Waals surface area contributed by atoms with Crippen LogP contribution in [0.3, 0.4) is 0 Å². The van der Waals surface area contributed by atoms with Gasteiger partial charge >= 0.3 is 21.2 Å². The summed E-state index contributed by atoms with van der Waals surface area (Å²) in [6.45, 7) is 11.6. The number of hydrogen-bond donors (Lipinski definition) is 3. The Hall–Kier alpha value is -2.80. The Morgan fingerprint density at radius 1 is 0.906 bits per heavy atom. The molecule has 2 aromatic carbocycles. The topological polar surface area (TPSA) is 216 Å². The van der Waals surface area contributed by atoms with Crippen molar-refractivity contribution in [3.63, 3.8) is 0 Å². The molecule has 0 bridgehead atoms. The first-order valence-corrected chi connectivity index (χ1v) is 21.0. The van der Waals surface area contributed by atoms with E-state index < -0.39 is 66.6 Å². The number of carbonyl (C=O) groups is 3. The largest absolute Gasteiger partial charge is 0.491 e. The van der Waals surface area contributed by atoms with Crippen molar-refractivity contribution < 1.29 is 71.6 Å². The summed E-state index contributed by atoms with van der Waals surface area (Å²) in [5, 5.41) is 16.1. The normalized spacial score (nSPS) is 19.9. The number of fused-ring (bicyclic) bond motifs is 2. The molecule has 53 heavy (non-hydrogen) atoms. The third-order valence-corrected chi connectivity index (χ3v) is 15.3. The number of amides is 2. The van der Waals surface area contributed by atoms with E-state index in [0.717, 1.165) is 0 Å². The molecule has 0 spiro atoms. The molecule has 2 fully saturated rings. The molecule has 0 aromatic heterocycles. The molecule has 2 amide bonds. The van der Waals surface area contributed by atoms with Gasteiger partial charge in [-0.3, -0.25) is 18.7 Å². The number of thioether (sulfide) groups is 1. The third-order valence-electron chi connectivity index (χ3n) is 8.35. The van der Waals surface area contributed by atoms with Gasteiger partial charge in [-0.2, -0.15) is 0 Å². The van der Waals surface area contributed by atoms with Gasteiger partial charge in [0.2, 0.25) is 5.91 Å². The summed E-state index contributed by atoms with van der Waals surface area (Å²) in [5.74, 6) is -2.32. The number of hydrogen-bond acceptors (Lipinski definition) is 16. The van der Waals surface area contributed by atoms with Gasteiger partial charge in [0.25, 0.3) is 5.91 Å². The van der Waals surface area contributed by atoms with E-state index in [1.807, 2.05) is 0 Å². The molecule has 3 unspecified atom stereocenters. The lowest BCUT2D eigenvalue weighted by Crippen LogP contribution is -2.70. The number of benzene rings is 2. The lowest BCUT2D eigenvalue weighted by Gasteiger charge is -2.43. The Balaban J connectivity index is 1.81. The van der Waals surface area contributed by atoms with Crippen LogP contribution in [0.25, 0.3) is 10.8 Å². The Labute approximate surface area is 311 Å².